The summed E-state index contributed by atoms with van der Waals surface area (Å²) in [6.45, 7) is 14.7. The van der Waals surface area contributed by atoms with Gasteiger partial charge in [0, 0.05) is 30.7 Å². The summed E-state index contributed by atoms with van der Waals surface area (Å²) in [4.78, 5) is 14.9. The van der Waals surface area contributed by atoms with Crippen LogP contribution in [0.2, 0.25) is 0 Å². The van der Waals surface area contributed by atoms with Gasteiger partial charge in [-0.05, 0) is 40.0 Å². The van der Waals surface area contributed by atoms with Crippen LogP contribution in [0.15, 0.2) is 0 Å². The van der Waals surface area contributed by atoms with Crippen LogP contribution < -0.4 is 10.6 Å². The summed E-state index contributed by atoms with van der Waals surface area (Å²) < 4.78 is 0. The zero-order chi connectivity index (χ0) is 15.3. The summed E-state index contributed by atoms with van der Waals surface area (Å²) in [5, 5.41) is 6.76. The lowest BCUT2D eigenvalue weighted by molar-refractivity contribution is -0.129. The van der Waals surface area contributed by atoms with Gasteiger partial charge >= 0.3 is 0 Å². The molecule has 0 aromatic heterocycles. The number of piperazine rings is 1. The second-order valence-corrected chi connectivity index (χ2v) is 6.67. The van der Waals surface area contributed by atoms with Gasteiger partial charge < -0.3 is 10.6 Å². The highest BCUT2D eigenvalue weighted by Gasteiger charge is 2.33. The molecule has 3 atom stereocenters. The van der Waals surface area contributed by atoms with Gasteiger partial charge in [0.1, 0.15) is 0 Å². The van der Waals surface area contributed by atoms with Crippen LogP contribution in [0.25, 0.3) is 0 Å². The van der Waals surface area contributed by atoms with Gasteiger partial charge in [-0.2, -0.15) is 0 Å². The molecule has 0 aromatic rings. The van der Waals surface area contributed by atoms with Crippen LogP contribution in [0.5, 0.6) is 0 Å². The molecule has 1 amide bonds. The van der Waals surface area contributed by atoms with Gasteiger partial charge in [0.15, 0.2) is 0 Å². The minimum absolute atomic E-state index is 0.0538. The lowest BCUT2D eigenvalue weighted by Crippen LogP contribution is -2.62. The Bertz CT molecular complexity index is 317. The molecule has 1 aliphatic rings. The maximum Gasteiger partial charge on any atom is 0.237 e. The molecule has 0 saturated carbocycles. The van der Waals surface area contributed by atoms with E-state index in [1.165, 1.54) is 0 Å². The Hall–Kier alpha value is -0.610. The molecular formula is C16H33N3O. The SMILES string of the molecule is CCC1CN(C(C)C(=O)NC(C)(C)CC)C(CC)CN1. The number of amides is 1. The van der Waals surface area contributed by atoms with Gasteiger partial charge in [-0.25, -0.2) is 0 Å². The van der Waals surface area contributed by atoms with E-state index in [4.69, 9.17) is 0 Å². The highest BCUT2D eigenvalue weighted by molar-refractivity contribution is 5.82. The van der Waals surface area contributed by atoms with Crippen molar-refractivity contribution in [2.45, 2.75) is 84.5 Å². The van der Waals surface area contributed by atoms with E-state index in [1.807, 2.05) is 6.92 Å². The average molecular weight is 283 g/mol. The third-order valence-corrected chi connectivity index (χ3v) is 4.73. The lowest BCUT2D eigenvalue weighted by Gasteiger charge is -2.43. The predicted molar refractivity (Wildman–Crippen MR) is 84.8 cm³/mol. The van der Waals surface area contributed by atoms with Crippen molar-refractivity contribution in [1.29, 1.82) is 0 Å². The number of nitrogens with zero attached hydrogens (tertiary/aromatic N) is 1. The molecule has 1 fully saturated rings. The Balaban J connectivity index is 2.71. The van der Waals surface area contributed by atoms with Crippen LogP contribution >= 0.6 is 0 Å². The van der Waals surface area contributed by atoms with E-state index in [9.17, 15) is 4.79 Å². The van der Waals surface area contributed by atoms with Crippen molar-refractivity contribution in [3.8, 4) is 0 Å². The quantitative estimate of drug-likeness (QED) is 0.785. The molecule has 3 unspecified atom stereocenters. The van der Waals surface area contributed by atoms with Gasteiger partial charge in [0.2, 0.25) is 5.91 Å². The first-order chi connectivity index (χ1) is 9.34. The zero-order valence-corrected chi connectivity index (χ0v) is 14.1. The summed E-state index contributed by atoms with van der Waals surface area (Å²) in [5.74, 6) is 0.159. The van der Waals surface area contributed by atoms with Gasteiger partial charge in [-0.15, -0.1) is 0 Å². The number of hydrogen-bond acceptors (Lipinski definition) is 3. The molecule has 4 heteroatoms. The maximum absolute atomic E-state index is 12.5. The molecule has 0 bridgehead atoms. The van der Waals surface area contributed by atoms with Crippen LogP contribution in [0.4, 0.5) is 0 Å². The fraction of sp³-hybridized carbons (Fsp3) is 0.938. The first-order valence-corrected chi connectivity index (χ1v) is 8.15. The molecule has 0 aliphatic carbocycles. The predicted octanol–water partition coefficient (Wildman–Crippen LogP) is 2.14. The molecule has 20 heavy (non-hydrogen) atoms. The Morgan fingerprint density at radius 1 is 1.35 bits per heavy atom. The van der Waals surface area contributed by atoms with Gasteiger partial charge in [0.05, 0.1) is 6.04 Å². The van der Waals surface area contributed by atoms with E-state index in [-0.39, 0.29) is 17.5 Å². The van der Waals surface area contributed by atoms with Crippen molar-refractivity contribution >= 4 is 5.91 Å². The maximum atomic E-state index is 12.5. The minimum Gasteiger partial charge on any atom is -0.350 e. The monoisotopic (exact) mass is 283 g/mol. The second kappa shape index (κ2) is 7.41. The summed E-state index contributed by atoms with van der Waals surface area (Å²) in [7, 11) is 0. The number of carbonyl (C=O) groups is 1. The molecule has 2 N–H and O–H groups in total. The fourth-order valence-electron chi connectivity index (χ4n) is 2.69. The standard InChI is InChI=1S/C16H33N3O/c1-7-13-11-19(14(8-2)10-17-13)12(4)15(20)18-16(5,6)9-3/h12-14,17H,7-11H2,1-6H3,(H,18,20). The number of hydrogen-bond donors (Lipinski definition) is 2. The summed E-state index contributed by atoms with van der Waals surface area (Å²) in [5.41, 5.74) is -0.120. The van der Waals surface area contributed by atoms with E-state index in [0.29, 0.717) is 12.1 Å². The zero-order valence-electron chi connectivity index (χ0n) is 14.1. The third kappa shape index (κ3) is 4.45. The van der Waals surface area contributed by atoms with E-state index in [2.05, 4.69) is 50.2 Å². The van der Waals surface area contributed by atoms with Crippen molar-refractivity contribution in [2.75, 3.05) is 13.1 Å². The summed E-state index contributed by atoms with van der Waals surface area (Å²) >= 11 is 0. The van der Waals surface area contributed by atoms with Crippen LogP contribution in [0, 0.1) is 0 Å². The first-order valence-electron chi connectivity index (χ1n) is 8.15. The third-order valence-electron chi connectivity index (χ3n) is 4.73. The van der Waals surface area contributed by atoms with Gasteiger partial charge in [-0.1, -0.05) is 20.8 Å². The minimum atomic E-state index is -0.120. The van der Waals surface area contributed by atoms with E-state index in [1.54, 1.807) is 0 Å². The lowest BCUT2D eigenvalue weighted by atomic mass is 9.99. The van der Waals surface area contributed by atoms with E-state index < -0.39 is 0 Å². The molecular weight excluding hydrogens is 250 g/mol. The molecule has 1 saturated heterocycles. The molecule has 0 radical (unpaired) electrons. The Morgan fingerprint density at radius 2 is 2.00 bits per heavy atom. The largest absolute Gasteiger partial charge is 0.350 e. The number of nitrogens with one attached hydrogen (secondary N) is 2. The van der Waals surface area contributed by atoms with Gasteiger partial charge in [-0.3, -0.25) is 9.69 Å². The first kappa shape index (κ1) is 17.4. The Labute approximate surface area is 124 Å². The Kier molecular flexibility index (Phi) is 6.46. The van der Waals surface area contributed by atoms with Crippen LogP contribution in [0.3, 0.4) is 0 Å². The molecule has 1 rings (SSSR count). The van der Waals surface area contributed by atoms with Crippen molar-refractivity contribution in [3.63, 3.8) is 0 Å². The number of carbonyl (C=O) groups excluding carboxylic acids is 1. The topological polar surface area (TPSA) is 44.4 Å². The van der Waals surface area contributed by atoms with Crippen LogP contribution in [0.1, 0.15) is 60.8 Å². The fourth-order valence-corrected chi connectivity index (χ4v) is 2.69. The molecule has 0 spiro atoms. The molecule has 4 nitrogen and oxygen atoms in total. The van der Waals surface area contributed by atoms with Crippen LogP contribution in [-0.4, -0.2) is 47.6 Å². The average Bonchev–Trinajstić information content (AvgIpc) is 2.45. The summed E-state index contributed by atoms with van der Waals surface area (Å²) in [6, 6.07) is 0.914. The molecule has 1 aliphatic heterocycles. The normalized spacial score (nSPS) is 26.3. The highest BCUT2D eigenvalue weighted by atomic mass is 16.2. The van der Waals surface area contributed by atoms with Crippen molar-refractivity contribution < 1.29 is 4.79 Å². The summed E-state index contributed by atoms with van der Waals surface area (Å²) in [6.07, 6.45) is 3.14. The highest BCUT2D eigenvalue weighted by Crippen LogP contribution is 2.17. The second-order valence-electron chi connectivity index (χ2n) is 6.67. The van der Waals surface area contributed by atoms with Crippen molar-refractivity contribution in [2.24, 2.45) is 0 Å². The molecule has 1 heterocycles. The van der Waals surface area contributed by atoms with E-state index in [0.717, 1.165) is 32.4 Å². The molecule has 0 aromatic carbocycles. The van der Waals surface area contributed by atoms with E-state index >= 15 is 0 Å². The molecule has 118 valence electrons. The van der Waals surface area contributed by atoms with Gasteiger partial charge in [0.25, 0.3) is 0 Å². The Morgan fingerprint density at radius 3 is 2.50 bits per heavy atom. The van der Waals surface area contributed by atoms with Crippen LogP contribution in [-0.2, 0) is 4.79 Å². The van der Waals surface area contributed by atoms with Crippen molar-refractivity contribution in [3.05, 3.63) is 0 Å². The number of rotatable bonds is 6. The smallest absolute Gasteiger partial charge is 0.237 e. The van der Waals surface area contributed by atoms with Crippen molar-refractivity contribution in [1.82, 2.24) is 15.5 Å².